The summed E-state index contributed by atoms with van der Waals surface area (Å²) in [5.74, 6) is 5.47. The molecule has 0 aliphatic rings. The summed E-state index contributed by atoms with van der Waals surface area (Å²) in [7, 11) is 1.85. The second-order valence-electron chi connectivity index (χ2n) is 4.58. The SMILES string of the molecule is CCC(CC)N(C)C(=O)c1cc(C)ccc1NN. The topological polar surface area (TPSA) is 58.4 Å². The van der Waals surface area contributed by atoms with Crippen molar-refractivity contribution in [2.45, 2.75) is 39.7 Å². The van der Waals surface area contributed by atoms with Crippen LogP contribution < -0.4 is 11.3 Å². The van der Waals surface area contributed by atoms with E-state index in [-0.39, 0.29) is 11.9 Å². The summed E-state index contributed by atoms with van der Waals surface area (Å²) in [6.45, 7) is 6.15. The minimum absolute atomic E-state index is 0.0142. The minimum atomic E-state index is 0.0142. The highest BCUT2D eigenvalue weighted by Gasteiger charge is 2.20. The monoisotopic (exact) mass is 249 g/mol. The Morgan fingerprint density at radius 1 is 1.39 bits per heavy atom. The molecule has 0 saturated heterocycles. The lowest BCUT2D eigenvalue weighted by atomic mass is 10.1. The van der Waals surface area contributed by atoms with E-state index in [4.69, 9.17) is 5.84 Å². The normalized spacial score (nSPS) is 10.6. The predicted octanol–water partition coefficient (Wildman–Crippen LogP) is 2.54. The number of anilines is 1. The number of benzene rings is 1. The first-order valence-corrected chi connectivity index (χ1v) is 6.39. The van der Waals surface area contributed by atoms with Gasteiger partial charge in [0.2, 0.25) is 0 Å². The number of rotatable bonds is 5. The average molecular weight is 249 g/mol. The van der Waals surface area contributed by atoms with Gasteiger partial charge in [-0.1, -0.05) is 25.5 Å². The van der Waals surface area contributed by atoms with Crippen LogP contribution in [0.4, 0.5) is 5.69 Å². The number of hydrazine groups is 1. The highest BCUT2D eigenvalue weighted by molar-refractivity contribution is 5.99. The van der Waals surface area contributed by atoms with E-state index >= 15 is 0 Å². The molecule has 0 unspecified atom stereocenters. The van der Waals surface area contributed by atoms with Crippen LogP contribution in [0.3, 0.4) is 0 Å². The van der Waals surface area contributed by atoms with E-state index in [1.165, 1.54) is 0 Å². The molecule has 0 bridgehead atoms. The summed E-state index contributed by atoms with van der Waals surface area (Å²) in [6, 6.07) is 5.91. The van der Waals surface area contributed by atoms with Gasteiger partial charge in [0.15, 0.2) is 0 Å². The van der Waals surface area contributed by atoms with E-state index in [1.807, 2.05) is 32.2 Å². The summed E-state index contributed by atoms with van der Waals surface area (Å²) in [5, 5.41) is 0. The van der Waals surface area contributed by atoms with Crippen molar-refractivity contribution < 1.29 is 4.79 Å². The highest BCUT2D eigenvalue weighted by atomic mass is 16.2. The number of hydrogen-bond donors (Lipinski definition) is 2. The number of nitrogens with one attached hydrogen (secondary N) is 1. The van der Waals surface area contributed by atoms with Crippen molar-refractivity contribution in [2.24, 2.45) is 5.84 Å². The quantitative estimate of drug-likeness (QED) is 0.623. The van der Waals surface area contributed by atoms with Crippen LogP contribution in [0.25, 0.3) is 0 Å². The summed E-state index contributed by atoms with van der Waals surface area (Å²) in [6.07, 6.45) is 1.91. The number of nitrogen functional groups attached to an aromatic ring is 1. The third-order valence-corrected chi connectivity index (χ3v) is 3.37. The number of nitrogens with two attached hydrogens (primary N) is 1. The number of aryl methyl sites for hydroxylation is 1. The van der Waals surface area contributed by atoms with Crippen LogP contribution in [0.15, 0.2) is 18.2 Å². The molecule has 0 aliphatic heterocycles. The van der Waals surface area contributed by atoms with E-state index < -0.39 is 0 Å². The molecule has 4 heteroatoms. The third kappa shape index (κ3) is 3.01. The fourth-order valence-corrected chi connectivity index (χ4v) is 2.15. The molecular formula is C14H23N3O. The molecule has 1 rings (SSSR count). The third-order valence-electron chi connectivity index (χ3n) is 3.37. The maximum Gasteiger partial charge on any atom is 0.256 e. The molecule has 3 N–H and O–H groups in total. The molecule has 0 atom stereocenters. The fourth-order valence-electron chi connectivity index (χ4n) is 2.15. The average Bonchev–Trinajstić information content (AvgIpc) is 2.39. The molecule has 0 heterocycles. The molecule has 1 aromatic carbocycles. The molecular weight excluding hydrogens is 226 g/mol. The van der Waals surface area contributed by atoms with Gasteiger partial charge >= 0.3 is 0 Å². The zero-order valence-electron chi connectivity index (χ0n) is 11.7. The molecule has 0 radical (unpaired) electrons. The fraction of sp³-hybridized carbons (Fsp3) is 0.500. The summed E-state index contributed by atoms with van der Waals surface area (Å²) >= 11 is 0. The van der Waals surface area contributed by atoms with E-state index in [0.717, 1.165) is 18.4 Å². The van der Waals surface area contributed by atoms with Crippen LogP contribution >= 0.6 is 0 Å². The van der Waals surface area contributed by atoms with Crippen molar-refractivity contribution in [3.05, 3.63) is 29.3 Å². The molecule has 0 aromatic heterocycles. The van der Waals surface area contributed by atoms with E-state index in [1.54, 1.807) is 4.90 Å². The Morgan fingerprint density at radius 3 is 2.50 bits per heavy atom. The second kappa shape index (κ2) is 6.40. The van der Waals surface area contributed by atoms with E-state index in [9.17, 15) is 4.79 Å². The number of carbonyl (C=O) groups is 1. The van der Waals surface area contributed by atoms with Crippen molar-refractivity contribution in [1.82, 2.24) is 4.90 Å². The lowest BCUT2D eigenvalue weighted by Gasteiger charge is -2.27. The number of nitrogens with zero attached hydrogens (tertiary/aromatic N) is 1. The Hall–Kier alpha value is -1.55. The van der Waals surface area contributed by atoms with Crippen molar-refractivity contribution in [2.75, 3.05) is 12.5 Å². The van der Waals surface area contributed by atoms with Gasteiger partial charge in [-0.05, 0) is 31.9 Å². The first-order chi connectivity index (χ1) is 8.54. The second-order valence-corrected chi connectivity index (χ2v) is 4.58. The van der Waals surface area contributed by atoms with Crippen LogP contribution in [0.1, 0.15) is 42.6 Å². The first-order valence-electron chi connectivity index (χ1n) is 6.39. The molecule has 18 heavy (non-hydrogen) atoms. The first kappa shape index (κ1) is 14.5. The van der Waals surface area contributed by atoms with Gasteiger partial charge in [-0.2, -0.15) is 0 Å². The molecule has 100 valence electrons. The maximum absolute atomic E-state index is 12.5. The van der Waals surface area contributed by atoms with Gasteiger partial charge in [0, 0.05) is 13.1 Å². The molecule has 0 saturated carbocycles. The van der Waals surface area contributed by atoms with Gasteiger partial charge in [-0.15, -0.1) is 0 Å². The molecule has 0 fully saturated rings. The molecule has 1 amide bonds. The predicted molar refractivity (Wildman–Crippen MR) is 75.5 cm³/mol. The summed E-state index contributed by atoms with van der Waals surface area (Å²) < 4.78 is 0. The van der Waals surface area contributed by atoms with Crippen molar-refractivity contribution in [3.63, 3.8) is 0 Å². The van der Waals surface area contributed by atoms with E-state index in [2.05, 4.69) is 19.3 Å². The van der Waals surface area contributed by atoms with Crippen molar-refractivity contribution >= 4 is 11.6 Å². The Morgan fingerprint density at radius 2 is 2.00 bits per heavy atom. The van der Waals surface area contributed by atoms with Gasteiger partial charge in [0.05, 0.1) is 11.3 Å². The number of hydrogen-bond acceptors (Lipinski definition) is 3. The Labute approximate surface area is 109 Å². The Kier molecular flexibility index (Phi) is 5.16. The van der Waals surface area contributed by atoms with Gasteiger partial charge in [-0.3, -0.25) is 10.6 Å². The number of carbonyl (C=O) groups excluding carboxylic acids is 1. The van der Waals surface area contributed by atoms with Crippen molar-refractivity contribution in [1.29, 1.82) is 0 Å². The van der Waals surface area contributed by atoms with Crippen LogP contribution in [0.2, 0.25) is 0 Å². The van der Waals surface area contributed by atoms with E-state index in [0.29, 0.717) is 11.3 Å². The van der Waals surface area contributed by atoms with Crippen molar-refractivity contribution in [3.8, 4) is 0 Å². The largest absolute Gasteiger partial charge is 0.339 e. The summed E-state index contributed by atoms with van der Waals surface area (Å²) in [5.41, 5.74) is 4.94. The van der Waals surface area contributed by atoms with Gasteiger partial charge in [-0.25, -0.2) is 0 Å². The summed E-state index contributed by atoms with van der Waals surface area (Å²) in [4.78, 5) is 14.3. The maximum atomic E-state index is 12.5. The standard InChI is InChI=1S/C14H23N3O/c1-5-11(6-2)17(4)14(18)12-9-10(3)7-8-13(12)16-15/h7-9,11,16H,5-6,15H2,1-4H3. The highest BCUT2D eigenvalue weighted by Crippen LogP contribution is 2.20. The lowest BCUT2D eigenvalue weighted by molar-refractivity contribution is 0.0724. The van der Waals surface area contributed by atoms with Crippen LogP contribution in [-0.2, 0) is 0 Å². The minimum Gasteiger partial charge on any atom is -0.339 e. The van der Waals surface area contributed by atoms with Crippen LogP contribution in [0, 0.1) is 6.92 Å². The van der Waals surface area contributed by atoms with Gasteiger partial charge < -0.3 is 10.3 Å². The molecule has 1 aromatic rings. The van der Waals surface area contributed by atoms with Crippen LogP contribution in [-0.4, -0.2) is 23.9 Å². The Bertz CT molecular complexity index is 414. The molecule has 0 aliphatic carbocycles. The Balaban J connectivity index is 3.05. The lowest BCUT2D eigenvalue weighted by Crippen LogP contribution is -2.36. The zero-order chi connectivity index (χ0) is 13.7. The van der Waals surface area contributed by atoms with Crippen LogP contribution in [0.5, 0.6) is 0 Å². The van der Waals surface area contributed by atoms with Gasteiger partial charge in [0.25, 0.3) is 5.91 Å². The number of amides is 1. The van der Waals surface area contributed by atoms with Gasteiger partial charge in [0.1, 0.15) is 0 Å². The molecule has 0 spiro atoms. The zero-order valence-corrected chi connectivity index (χ0v) is 11.7. The molecule has 4 nitrogen and oxygen atoms in total. The smallest absolute Gasteiger partial charge is 0.256 e.